The fraction of sp³-hybridized carbons (Fsp3) is 0.933. The molecule has 0 spiro atoms. The molecule has 0 aromatic rings. The Morgan fingerprint density at radius 2 is 0.697 bits per heavy atom. The predicted octanol–water partition coefficient (Wildman–Crippen LogP) is 18.5. The summed E-state index contributed by atoms with van der Waals surface area (Å²) in [6, 6.07) is -0.628. The third-order valence-electron chi connectivity index (χ3n) is 14.1. The lowest BCUT2D eigenvalue weighted by molar-refractivity contribution is -0.143. The van der Waals surface area contributed by atoms with Gasteiger partial charge in [0.25, 0.3) is 0 Å². The third kappa shape index (κ3) is 52.0. The topological polar surface area (TPSA) is 95.9 Å². The Balaban J connectivity index is 3.36. The number of carbonyl (C=O) groups excluding carboxylic acids is 2. The summed E-state index contributed by atoms with van der Waals surface area (Å²) in [4.78, 5) is 24.5. The van der Waals surface area contributed by atoms with Crippen molar-refractivity contribution in [3.63, 3.8) is 0 Å². The molecule has 0 aromatic carbocycles. The van der Waals surface area contributed by atoms with Gasteiger partial charge in [-0.2, -0.15) is 0 Å². The maximum absolute atomic E-state index is 12.4. The van der Waals surface area contributed by atoms with Crippen LogP contribution in [-0.2, 0) is 14.3 Å². The number of hydrogen-bond acceptors (Lipinski definition) is 5. The number of esters is 1. The first kappa shape index (κ1) is 64.6. The molecule has 0 aliphatic carbocycles. The van der Waals surface area contributed by atoms with Crippen LogP contribution >= 0.6 is 0 Å². The molecule has 0 saturated carbocycles. The van der Waals surface area contributed by atoms with Crippen LogP contribution in [0.5, 0.6) is 0 Å². The van der Waals surface area contributed by atoms with Crippen LogP contribution in [-0.4, -0.2) is 47.4 Å². The lowest BCUT2D eigenvalue weighted by atomic mass is 10.0. The van der Waals surface area contributed by atoms with Crippen molar-refractivity contribution in [1.29, 1.82) is 0 Å². The van der Waals surface area contributed by atoms with Crippen molar-refractivity contribution in [1.82, 2.24) is 5.32 Å². The molecule has 0 aliphatic heterocycles. The zero-order valence-corrected chi connectivity index (χ0v) is 44.7. The third-order valence-corrected chi connectivity index (χ3v) is 14.1. The molecule has 0 rings (SSSR count). The summed E-state index contributed by atoms with van der Waals surface area (Å²) in [6.45, 7) is 4.91. The minimum Gasteiger partial charge on any atom is -0.466 e. The first-order valence-electron chi connectivity index (χ1n) is 30.0. The number of amides is 1. The van der Waals surface area contributed by atoms with Crippen molar-refractivity contribution < 1.29 is 24.5 Å². The molecule has 6 nitrogen and oxygen atoms in total. The van der Waals surface area contributed by atoms with Crippen molar-refractivity contribution in [2.45, 2.75) is 347 Å². The average Bonchev–Trinajstić information content (AvgIpc) is 3.32. The van der Waals surface area contributed by atoms with E-state index in [9.17, 15) is 19.8 Å². The van der Waals surface area contributed by atoms with E-state index < -0.39 is 12.1 Å². The van der Waals surface area contributed by atoms with E-state index in [-0.39, 0.29) is 18.5 Å². The number of hydrogen-bond donors (Lipinski definition) is 3. The summed E-state index contributed by atoms with van der Waals surface area (Å²) >= 11 is 0. The first-order chi connectivity index (χ1) is 32.5. The molecule has 392 valence electrons. The number of unbranched alkanes of at least 4 members (excludes halogenated alkanes) is 45. The van der Waals surface area contributed by atoms with Crippen molar-refractivity contribution in [2.75, 3.05) is 13.2 Å². The summed E-state index contributed by atoms with van der Waals surface area (Å²) in [5.41, 5.74) is 0. The van der Waals surface area contributed by atoms with E-state index in [2.05, 4.69) is 19.2 Å². The summed E-state index contributed by atoms with van der Waals surface area (Å²) in [5, 5.41) is 23.0. The Labute approximate surface area is 412 Å². The van der Waals surface area contributed by atoms with Crippen molar-refractivity contribution in [3.8, 4) is 0 Å². The summed E-state index contributed by atoms with van der Waals surface area (Å²) < 4.78 is 5.50. The van der Waals surface area contributed by atoms with Gasteiger partial charge >= 0.3 is 5.97 Å². The van der Waals surface area contributed by atoms with E-state index in [1.807, 2.05) is 6.08 Å². The zero-order valence-electron chi connectivity index (χ0n) is 44.7. The second kappa shape index (κ2) is 56.2. The number of rotatable bonds is 56. The van der Waals surface area contributed by atoms with Crippen LogP contribution in [0.25, 0.3) is 0 Å². The highest BCUT2D eigenvalue weighted by molar-refractivity contribution is 5.76. The predicted molar refractivity (Wildman–Crippen MR) is 287 cm³/mol. The number of nitrogens with one attached hydrogen (secondary N) is 1. The van der Waals surface area contributed by atoms with Crippen molar-refractivity contribution >= 4 is 11.9 Å². The summed E-state index contributed by atoms with van der Waals surface area (Å²) in [6.07, 6.45) is 66.8. The molecule has 0 bridgehead atoms. The van der Waals surface area contributed by atoms with Gasteiger partial charge in [-0.25, -0.2) is 0 Å². The zero-order chi connectivity index (χ0) is 47.9. The monoisotopic (exact) mass is 932 g/mol. The molecule has 0 aromatic heterocycles. The van der Waals surface area contributed by atoms with Crippen LogP contribution in [0.4, 0.5) is 0 Å². The number of ether oxygens (including phenoxy) is 1. The van der Waals surface area contributed by atoms with E-state index >= 15 is 0 Å². The smallest absolute Gasteiger partial charge is 0.305 e. The highest BCUT2D eigenvalue weighted by atomic mass is 16.5. The largest absolute Gasteiger partial charge is 0.466 e. The Hall–Kier alpha value is -1.40. The van der Waals surface area contributed by atoms with E-state index in [1.165, 1.54) is 270 Å². The quantitative estimate of drug-likeness (QED) is 0.0321. The van der Waals surface area contributed by atoms with Crippen molar-refractivity contribution in [2.24, 2.45) is 0 Å². The van der Waals surface area contributed by atoms with E-state index in [4.69, 9.17) is 4.74 Å². The first-order valence-corrected chi connectivity index (χ1v) is 30.0. The van der Waals surface area contributed by atoms with Gasteiger partial charge in [0.15, 0.2) is 0 Å². The van der Waals surface area contributed by atoms with Gasteiger partial charge in [-0.05, 0) is 32.1 Å². The van der Waals surface area contributed by atoms with Crippen LogP contribution in [0.15, 0.2) is 12.2 Å². The van der Waals surface area contributed by atoms with Crippen LogP contribution in [0.1, 0.15) is 335 Å². The molecule has 0 saturated heterocycles. The van der Waals surface area contributed by atoms with Crippen molar-refractivity contribution in [3.05, 3.63) is 12.2 Å². The number of aliphatic hydroxyl groups excluding tert-OH is 2. The minimum atomic E-state index is -0.844. The van der Waals surface area contributed by atoms with Crippen LogP contribution < -0.4 is 5.32 Å². The average molecular weight is 933 g/mol. The van der Waals surface area contributed by atoms with E-state index in [0.29, 0.717) is 19.4 Å². The molecule has 66 heavy (non-hydrogen) atoms. The maximum Gasteiger partial charge on any atom is 0.305 e. The van der Waals surface area contributed by atoms with Gasteiger partial charge < -0.3 is 20.3 Å². The minimum absolute atomic E-state index is 0.0134. The molecule has 0 heterocycles. The highest BCUT2D eigenvalue weighted by Crippen LogP contribution is 2.18. The maximum atomic E-state index is 12.4. The molecule has 1 amide bonds. The molecular formula is C60H117NO5. The molecule has 3 N–H and O–H groups in total. The molecule has 6 heteroatoms. The molecule has 0 fully saturated rings. The van der Waals surface area contributed by atoms with Gasteiger partial charge in [0.1, 0.15) is 0 Å². The Bertz CT molecular complexity index is 986. The number of aliphatic hydroxyl groups is 2. The lowest BCUT2D eigenvalue weighted by Gasteiger charge is -2.20. The summed E-state index contributed by atoms with van der Waals surface area (Å²) in [7, 11) is 0. The molecule has 0 radical (unpaired) electrons. The fourth-order valence-electron chi connectivity index (χ4n) is 9.46. The standard InChI is InChI=1S/C60H117NO5/c1-3-5-7-9-11-13-15-16-17-18-20-24-27-30-34-38-42-46-50-54-60(65)66-55-51-47-43-39-35-31-28-25-22-19-21-23-26-29-33-37-41-45-49-53-59(64)61-57(56-62)58(63)52-48-44-40-36-32-14-12-10-8-6-4-2/h48,52,57-58,62-63H,3-47,49-51,53-56H2,1-2H3,(H,61,64)/b52-48+. The van der Waals surface area contributed by atoms with Gasteiger partial charge in [0.05, 0.1) is 25.4 Å². The Morgan fingerprint density at radius 1 is 0.409 bits per heavy atom. The number of carbonyl (C=O) groups is 2. The van der Waals surface area contributed by atoms with Gasteiger partial charge in [0.2, 0.25) is 5.91 Å². The molecule has 2 unspecified atom stereocenters. The Morgan fingerprint density at radius 3 is 1.03 bits per heavy atom. The Kier molecular flexibility index (Phi) is 55.0. The summed E-state index contributed by atoms with van der Waals surface area (Å²) in [5.74, 6) is -0.0572. The molecule has 0 aliphatic rings. The SMILES string of the molecule is CCCCCCCCCCC/C=C/C(O)C(CO)NC(=O)CCCCCCCCCCCCCCCCCCCCCOC(=O)CCCCCCCCCCCCCCCCCCCCC. The van der Waals surface area contributed by atoms with E-state index in [0.717, 1.165) is 38.5 Å². The van der Waals surface area contributed by atoms with Crippen LogP contribution in [0.3, 0.4) is 0 Å². The molecular weight excluding hydrogens is 815 g/mol. The van der Waals surface area contributed by atoms with Crippen LogP contribution in [0, 0.1) is 0 Å². The second-order valence-electron chi connectivity index (χ2n) is 20.7. The number of allylic oxidation sites excluding steroid dienone is 1. The highest BCUT2D eigenvalue weighted by Gasteiger charge is 2.18. The van der Waals surface area contributed by atoms with Crippen LogP contribution in [0.2, 0.25) is 0 Å². The molecule has 2 atom stereocenters. The van der Waals surface area contributed by atoms with Gasteiger partial charge in [-0.3, -0.25) is 9.59 Å². The normalized spacial score (nSPS) is 12.6. The van der Waals surface area contributed by atoms with Gasteiger partial charge in [-0.15, -0.1) is 0 Å². The van der Waals surface area contributed by atoms with Gasteiger partial charge in [-0.1, -0.05) is 302 Å². The lowest BCUT2D eigenvalue weighted by Crippen LogP contribution is -2.45. The van der Waals surface area contributed by atoms with E-state index in [1.54, 1.807) is 6.08 Å². The fourth-order valence-corrected chi connectivity index (χ4v) is 9.46. The van der Waals surface area contributed by atoms with Gasteiger partial charge in [0, 0.05) is 12.8 Å². The second-order valence-corrected chi connectivity index (χ2v) is 20.7.